The van der Waals surface area contributed by atoms with Crippen molar-refractivity contribution in [2.45, 2.75) is 38.8 Å². The average Bonchev–Trinajstić information content (AvgIpc) is 2.53. The Balaban J connectivity index is 0.00000242. The summed E-state index contributed by atoms with van der Waals surface area (Å²) < 4.78 is 0. The quantitative estimate of drug-likeness (QED) is 0.847. The van der Waals surface area contributed by atoms with E-state index in [1.165, 1.54) is 5.56 Å². The van der Waals surface area contributed by atoms with Crippen molar-refractivity contribution in [1.82, 2.24) is 9.80 Å². The van der Waals surface area contributed by atoms with Gasteiger partial charge in [0.15, 0.2) is 0 Å². The molecule has 23 heavy (non-hydrogen) atoms. The van der Waals surface area contributed by atoms with Gasteiger partial charge in [-0.05, 0) is 31.4 Å². The Morgan fingerprint density at radius 2 is 2.00 bits per heavy atom. The minimum Gasteiger partial charge on any atom is -0.337 e. The number of nitrogens with two attached hydrogens (primary N) is 1. The van der Waals surface area contributed by atoms with Crippen LogP contribution < -0.4 is 5.73 Å². The molecule has 6 heteroatoms. The molecule has 1 aromatic carbocycles. The van der Waals surface area contributed by atoms with Crippen LogP contribution in [0.1, 0.15) is 31.7 Å². The van der Waals surface area contributed by atoms with E-state index in [9.17, 15) is 4.79 Å². The summed E-state index contributed by atoms with van der Waals surface area (Å²) in [4.78, 5) is 16.5. The Morgan fingerprint density at radius 3 is 2.61 bits per heavy atom. The molecule has 1 atom stereocenters. The average molecular weight is 362 g/mol. The molecule has 132 valence electrons. The normalized spacial score (nSPS) is 17.7. The van der Waals surface area contributed by atoms with Crippen molar-refractivity contribution in [3.05, 3.63) is 35.9 Å². The van der Waals surface area contributed by atoms with Crippen LogP contribution in [-0.2, 0) is 11.3 Å². The number of rotatable bonds is 6. The monoisotopic (exact) mass is 361 g/mol. The Hall–Kier alpha value is -0.810. The third kappa shape index (κ3) is 6.68. The number of benzene rings is 1. The molecule has 0 aliphatic carbocycles. The fourth-order valence-corrected chi connectivity index (χ4v) is 3.14. The van der Waals surface area contributed by atoms with E-state index in [2.05, 4.69) is 36.1 Å². The molecule has 2 rings (SSSR count). The Bertz CT molecular complexity index is 445. The van der Waals surface area contributed by atoms with Crippen molar-refractivity contribution in [2.75, 3.05) is 26.2 Å². The van der Waals surface area contributed by atoms with E-state index >= 15 is 0 Å². The molecule has 1 aliphatic heterocycles. The molecule has 4 nitrogen and oxygen atoms in total. The first-order valence-corrected chi connectivity index (χ1v) is 8.00. The standard InChI is InChI=1S/C17H27N3O.2ClH/c1-2-10-20(17(21)12-18)16-9-6-11-19(14-16)13-15-7-4-3-5-8-15;;/h3-5,7-8,16H,2,6,9-14,18H2,1H3;2*1H. The molecule has 0 bridgehead atoms. The summed E-state index contributed by atoms with van der Waals surface area (Å²) in [7, 11) is 0. The maximum absolute atomic E-state index is 12.0. The van der Waals surface area contributed by atoms with Crippen molar-refractivity contribution >= 4 is 30.7 Å². The van der Waals surface area contributed by atoms with Gasteiger partial charge in [0.2, 0.25) is 5.91 Å². The second kappa shape index (κ2) is 11.7. The zero-order valence-corrected chi connectivity index (χ0v) is 15.5. The zero-order valence-electron chi connectivity index (χ0n) is 13.8. The Labute approximate surface area is 152 Å². The van der Waals surface area contributed by atoms with Crippen molar-refractivity contribution in [1.29, 1.82) is 0 Å². The fraction of sp³-hybridized carbons (Fsp3) is 0.588. The van der Waals surface area contributed by atoms with Gasteiger partial charge in [0.1, 0.15) is 0 Å². The first-order chi connectivity index (χ1) is 10.2. The van der Waals surface area contributed by atoms with E-state index in [1.807, 2.05) is 11.0 Å². The maximum Gasteiger partial charge on any atom is 0.236 e. The lowest BCUT2D eigenvalue weighted by Crippen LogP contribution is -2.51. The summed E-state index contributed by atoms with van der Waals surface area (Å²) in [5, 5.41) is 0. The highest BCUT2D eigenvalue weighted by molar-refractivity contribution is 5.85. The number of carbonyl (C=O) groups is 1. The van der Waals surface area contributed by atoms with Gasteiger partial charge in [0.25, 0.3) is 0 Å². The molecule has 1 aromatic rings. The topological polar surface area (TPSA) is 49.6 Å². The van der Waals surface area contributed by atoms with Crippen LogP contribution in [0.4, 0.5) is 0 Å². The van der Waals surface area contributed by atoms with Gasteiger partial charge in [-0.25, -0.2) is 0 Å². The third-order valence-corrected chi connectivity index (χ3v) is 4.13. The summed E-state index contributed by atoms with van der Waals surface area (Å²) in [5.74, 6) is 0.0865. The molecule has 0 radical (unpaired) electrons. The van der Waals surface area contributed by atoms with Gasteiger partial charge in [-0.2, -0.15) is 0 Å². The number of nitrogens with zero attached hydrogens (tertiary/aromatic N) is 2. The number of halogens is 2. The maximum atomic E-state index is 12.0. The number of likely N-dealkylation sites (tertiary alicyclic amines) is 1. The molecular formula is C17H29Cl2N3O. The van der Waals surface area contributed by atoms with Gasteiger partial charge in [-0.15, -0.1) is 24.8 Å². The summed E-state index contributed by atoms with van der Waals surface area (Å²) in [6.07, 6.45) is 3.23. The van der Waals surface area contributed by atoms with Gasteiger partial charge >= 0.3 is 0 Å². The van der Waals surface area contributed by atoms with Gasteiger partial charge in [-0.3, -0.25) is 9.69 Å². The predicted octanol–water partition coefficient (Wildman–Crippen LogP) is 2.69. The fourth-order valence-electron chi connectivity index (χ4n) is 3.14. The van der Waals surface area contributed by atoms with Crippen LogP contribution in [0.2, 0.25) is 0 Å². The highest BCUT2D eigenvalue weighted by Crippen LogP contribution is 2.18. The van der Waals surface area contributed by atoms with E-state index < -0.39 is 0 Å². The van der Waals surface area contributed by atoms with Crippen LogP contribution in [0.5, 0.6) is 0 Å². The van der Waals surface area contributed by atoms with Gasteiger partial charge in [0, 0.05) is 25.7 Å². The minimum atomic E-state index is 0. The summed E-state index contributed by atoms with van der Waals surface area (Å²) in [6, 6.07) is 10.9. The molecule has 0 saturated carbocycles. The SMILES string of the molecule is CCCN(C(=O)CN)C1CCCN(Cc2ccccc2)C1.Cl.Cl. The number of hydrogen-bond donors (Lipinski definition) is 1. The molecule has 1 unspecified atom stereocenters. The first kappa shape index (κ1) is 22.2. The smallest absolute Gasteiger partial charge is 0.236 e. The second-order valence-electron chi connectivity index (χ2n) is 5.81. The zero-order chi connectivity index (χ0) is 15.1. The van der Waals surface area contributed by atoms with E-state index in [0.29, 0.717) is 6.04 Å². The predicted molar refractivity (Wildman–Crippen MR) is 100 cm³/mol. The Morgan fingerprint density at radius 1 is 1.30 bits per heavy atom. The second-order valence-corrected chi connectivity index (χ2v) is 5.81. The van der Waals surface area contributed by atoms with E-state index in [-0.39, 0.29) is 37.3 Å². The summed E-state index contributed by atoms with van der Waals surface area (Å²) in [6.45, 7) is 6.09. The van der Waals surface area contributed by atoms with Crippen molar-refractivity contribution in [2.24, 2.45) is 5.73 Å². The van der Waals surface area contributed by atoms with Gasteiger partial charge in [0.05, 0.1) is 6.54 Å². The highest BCUT2D eigenvalue weighted by Gasteiger charge is 2.27. The summed E-state index contributed by atoms with van der Waals surface area (Å²) in [5.41, 5.74) is 6.90. The van der Waals surface area contributed by atoms with Crippen LogP contribution in [0.15, 0.2) is 30.3 Å². The molecule has 1 aliphatic rings. The lowest BCUT2D eigenvalue weighted by Gasteiger charge is -2.39. The summed E-state index contributed by atoms with van der Waals surface area (Å²) >= 11 is 0. The molecule has 0 spiro atoms. The van der Waals surface area contributed by atoms with Gasteiger partial charge in [-0.1, -0.05) is 37.3 Å². The number of amides is 1. The molecule has 1 fully saturated rings. The molecule has 1 amide bonds. The van der Waals surface area contributed by atoms with Crippen LogP contribution in [0.3, 0.4) is 0 Å². The lowest BCUT2D eigenvalue weighted by atomic mass is 10.0. The number of hydrogen-bond acceptors (Lipinski definition) is 3. The first-order valence-electron chi connectivity index (χ1n) is 8.00. The molecular weight excluding hydrogens is 333 g/mol. The van der Waals surface area contributed by atoms with E-state index in [4.69, 9.17) is 5.73 Å². The van der Waals surface area contributed by atoms with E-state index in [0.717, 1.165) is 45.4 Å². The molecule has 0 aromatic heterocycles. The van der Waals surface area contributed by atoms with Crippen molar-refractivity contribution < 1.29 is 4.79 Å². The Kier molecular flexibility index (Phi) is 11.3. The minimum absolute atomic E-state index is 0. The third-order valence-electron chi connectivity index (χ3n) is 4.13. The number of piperidine rings is 1. The van der Waals surface area contributed by atoms with E-state index in [1.54, 1.807) is 0 Å². The lowest BCUT2D eigenvalue weighted by molar-refractivity contribution is -0.133. The van der Waals surface area contributed by atoms with Crippen LogP contribution in [-0.4, -0.2) is 47.9 Å². The van der Waals surface area contributed by atoms with Gasteiger partial charge < -0.3 is 10.6 Å². The molecule has 1 saturated heterocycles. The van der Waals surface area contributed by atoms with Crippen molar-refractivity contribution in [3.8, 4) is 0 Å². The molecule has 2 N–H and O–H groups in total. The number of carbonyl (C=O) groups excluding carboxylic acids is 1. The van der Waals surface area contributed by atoms with Crippen molar-refractivity contribution in [3.63, 3.8) is 0 Å². The van der Waals surface area contributed by atoms with Crippen LogP contribution >= 0.6 is 24.8 Å². The largest absolute Gasteiger partial charge is 0.337 e. The van der Waals surface area contributed by atoms with Crippen LogP contribution in [0.25, 0.3) is 0 Å². The molecule has 1 heterocycles. The highest BCUT2D eigenvalue weighted by atomic mass is 35.5. The van der Waals surface area contributed by atoms with Crippen LogP contribution in [0, 0.1) is 0 Å².